The van der Waals surface area contributed by atoms with Crippen molar-refractivity contribution in [2.75, 3.05) is 21.3 Å². The number of hydrogen-bond acceptors (Lipinski definition) is 8. The van der Waals surface area contributed by atoms with Crippen LogP contribution in [0.15, 0.2) is 36.4 Å². The Balaban J connectivity index is 2.27. The van der Waals surface area contributed by atoms with Gasteiger partial charge in [-0.3, -0.25) is 10.1 Å². The van der Waals surface area contributed by atoms with Crippen LogP contribution in [0.25, 0.3) is 0 Å². The van der Waals surface area contributed by atoms with Gasteiger partial charge in [-0.2, -0.15) is 0 Å². The highest BCUT2D eigenvalue weighted by molar-refractivity contribution is 5.96. The Bertz CT molecular complexity index is 878. The number of carbonyl (C=O) groups is 2. The number of nitrogens with zero attached hydrogens (tertiary/aromatic N) is 1. The Labute approximate surface area is 154 Å². The second kappa shape index (κ2) is 8.65. The fourth-order valence-corrected chi connectivity index (χ4v) is 2.36. The maximum atomic E-state index is 12.3. The van der Waals surface area contributed by atoms with Crippen LogP contribution in [0, 0.1) is 10.1 Å². The smallest absolute Gasteiger partial charge is 0.338 e. The highest BCUT2D eigenvalue weighted by Gasteiger charge is 2.20. The first-order chi connectivity index (χ1) is 12.9. The van der Waals surface area contributed by atoms with Crippen molar-refractivity contribution in [3.8, 4) is 11.5 Å². The van der Waals surface area contributed by atoms with Gasteiger partial charge in [0, 0.05) is 17.7 Å². The topological polar surface area (TPSA) is 114 Å². The van der Waals surface area contributed by atoms with Gasteiger partial charge < -0.3 is 18.9 Å². The van der Waals surface area contributed by atoms with E-state index in [1.54, 1.807) is 18.2 Å². The van der Waals surface area contributed by atoms with Crippen molar-refractivity contribution in [1.29, 1.82) is 0 Å². The lowest BCUT2D eigenvalue weighted by atomic mass is 10.1. The Hall–Kier alpha value is -3.62. The maximum absolute atomic E-state index is 12.3. The number of para-hydroxylation sites is 1. The molecule has 0 N–H and O–H groups in total. The lowest BCUT2D eigenvalue weighted by molar-refractivity contribution is -0.384. The van der Waals surface area contributed by atoms with Gasteiger partial charge in [0.25, 0.3) is 5.69 Å². The Morgan fingerprint density at radius 1 is 1.00 bits per heavy atom. The minimum atomic E-state index is -0.839. The third kappa shape index (κ3) is 4.51. The molecule has 0 spiro atoms. The molecule has 0 aliphatic heterocycles. The lowest BCUT2D eigenvalue weighted by Crippen LogP contribution is -2.10. The summed E-state index contributed by atoms with van der Waals surface area (Å²) >= 11 is 0. The van der Waals surface area contributed by atoms with Crippen molar-refractivity contribution >= 4 is 17.6 Å². The monoisotopic (exact) mass is 375 g/mol. The molecule has 0 radical (unpaired) electrons. The highest BCUT2D eigenvalue weighted by Crippen LogP contribution is 2.31. The van der Waals surface area contributed by atoms with Gasteiger partial charge in [-0.1, -0.05) is 12.1 Å². The van der Waals surface area contributed by atoms with E-state index in [2.05, 4.69) is 4.74 Å². The summed E-state index contributed by atoms with van der Waals surface area (Å²) in [6.45, 7) is -0.157. The van der Waals surface area contributed by atoms with Gasteiger partial charge in [0.05, 0.1) is 37.4 Å². The summed E-state index contributed by atoms with van der Waals surface area (Å²) in [6, 6.07) is 8.29. The molecule has 0 fully saturated rings. The van der Waals surface area contributed by atoms with Gasteiger partial charge in [-0.25, -0.2) is 9.59 Å². The largest absolute Gasteiger partial charge is 0.493 e. The molecule has 9 heteroatoms. The average Bonchev–Trinajstić information content (AvgIpc) is 2.70. The second-order valence-corrected chi connectivity index (χ2v) is 5.25. The van der Waals surface area contributed by atoms with Crippen LogP contribution < -0.4 is 9.47 Å². The van der Waals surface area contributed by atoms with E-state index in [1.165, 1.54) is 20.3 Å². The summed E-state index contributed by atoms with van der Waals surface area (Å²) in [5, 5.41) is 11.0. The van der Waals surface area contributed by atoms with Gasteiger partial charge in [0.1, 0.15) is 6.61 Å². The summed E-state index contributed by atoms with van der Waals surface area (Å²) in [6.07, 6.45) is 0. The second-order valence-electron chi connectivity index (χ2n) is 5.25. The third-order valence-corrected chi connectivity index (χ3v) is 3.63. The van der Waals surface area contributed by atoms with E-state index in [0.29, 0.717) is 17.1 Å². The fraction of sp³-hybridized carbons (Fsp3) is 0.222. The first kappa shape index (κ1) is 19.7. The molecule has 0 amide bonds. The van der Waals surface area contributed by atoms with Crippen LogP contribution in [0.4, 0.5) is 5.69 Å². The highest BCUT2D eigenvalue weighted by atomic mass is 16.6. The average molecular weight is 375 g/mol. The third-order valence-electron chi connectivity index (χ3n) is 3.63. The Morgan fingerprint density at radius 2 is 1.67 bits per heavy atom. The van der Waals surface area contributed by atoms with Crippen molar-refractivity contribution < 1.29 is 33.5 Å². The van der Waals surface area contributed by atoms with Crippen LogP contribution in [0.5, 0.6) is 11.5 Å². The Morgan fingerprint density at radius 3 is 2.22 bits per heavy atom. The van der Waals surface area contributed by atoms with Crippen molar-refractivity contribution in [2.45, 2.75) is 6.61 Å². The first-order valence-corrected chi connectivity index (χ1v) is 7.66. The molecule has 2 aromatic carbocycles. The van der Waals surface area contributed by atoms with Gasteiger partial charge in [0.2, 0.25) is 0 Å². The molecule has 27 heavy (non-hydrogen) atoms. The summed E-state index contributed by atoms with van der Waals surface area (Å²) in [5.41, 5.74) is -0.156. The molecule has 0 saturated carbocycles. The number of methoxy groups -OCH3 is 3. The van der Waals surface area contributed by atoms with Crippen LogP contribution in [-0.2, 0) is 16.1 Å². The van der Waals surface area contributed by atoms with Gasteiger partial charge >= 0.3 is 11.9 Å². The minimum Gasteiger partial charge on any atom is -0.493 e. The molecule has 0 unspecified atom stereocenters. The molecule has 0 heterocycles. The molecular formula is C18H17NO8. The van der Waals surface area contributed by atoms with E-state index < -0.39 is 22.5 Å². The zero-order valence-electron chi connectivity index (χ0n) is 14.9. The zero-order chi connectivity index (χ0) is 20.0. The van der Waals surface area contributed by atoms with E-state index in [-0.39, 0.29) is 17.7 Å². The molecule has 9 nitrogen and oxygen atoms in total. The molecule has 0 bridgehead atoms. The number of esters is 2. The predicted octanol–water partition coefficient (Wildman–Crippen LogP) is 2.76. The van der Waals surface area contributed by atoms with Crippen LogP contribution in [-0.4, -0.2) is 38.2 Å². The van der Waals surface area contributed by atoms with E-state index in [0.717, 1.165) is 19.2 Å². The summed E-state index contributed by atoms with van der Waals surface area (Å²) in [5.74, 6) is -0.771. The number of nitro benzene ring substituents is 1. The summed E-state index contributed by atoms with van der Waals surface area (Å²) in [4.78, 5) is 34.3. The van der Waals surface area contributed by atoms with Crippen molar-refractivity contribution in [3.05, 3.63) is 63.2 Å². The quantitative estimate of drug-likeness (QED) is 0.412. The number of nitro groups is 1. The molecular weight excluding hydrogens is 358 g/mol. The number of non-ortho nitro benzene ring substituents is 1. The normalized spacial score (nSPS) is 10.0. The van der Waals surface area contributed by atoms with Crippen molar-refractivity contribution in [3.63, 3.8) is 0 Å². The van der Waals surface area contributed by atoms with E-state index >= 15 is 0 Å². The maximum Gasteiger partial charge on any atom is 0.338 e. The standard InChI is InChI=1S/C18H17NO8/c1-24-15-6-4-5-11(16(15)25-2)10-27-18(21)13-7-12(17(20)26-3)8-14(9-13)19(22)23/h4-9H,10H2,1-3H3. The minimum absolute atomic E-state index is 0.127. The number of benzene rings is 2. The predicted molar refractivity (Wildman–Crippen MR) is 93.1 cm³/mol. The van der Waals surface area contributed by atoms with Crippen molar-refractivity contribution in [1.82, 2.24) is 0 Å². The first-order valence-electron chi connectivity index (χ1n) is 7.66. The molecule has 0 saturated heterocycles. The van der Waals surface area contributed by atoms with Crippen LogP contribution >= 0.6 is 0 Å². The zero-order valence-corrected chi connectivity index (χ0v) is 14.9. The van der Waals surface area contributed by atoms with Crippen LogP contribution in [0.3, 0.4) is 0 Å². The molecule has 2 aromatic rings. The van der Waals surface area contributed by atoms with Gasteiger partial charge in [-0.05, 0) is 12.1 Å². The van der Waals surface area contributed by atoms with E-state index in [1.807, 2.05) is 0 Å². The van der Waals surface area contributed by atoms with Gasteiger partial charge in [-0.15, -0.1) is 0 Å². The molecule has 2 rings (SSSR count). The summed E-state index contributed by atoms with van der Waals surface area (Å²) in [7, 11) is 4.06. The number of carbonyl (C=O) groups excluding carboxylic acids is 2. The molecule has 0 aliphatic carbocycles. The lowest BCUT2D eigenvalue weighted by Gasteiger charge is -2.13. The molecule has 0 atom stereocenters. The molecule has 0 aliphatic rings. The number of rotatable bonds is 7. The number of hydrogen-bond donors (Lipinski definition) is 0. The SMILES string of the molecule is COC(=O)c1cc(C(=O)OCc2cccc(OC)c2OC)cc([N+](=O)[O-])c1. The summed E-state index contributed by atoms with van der Waals surface area (Å²) < 4.78 is 20.2. The molecule has 142 valence electrons. The van der Waals surface area contributed by atoms with Crippen molar-refractivity contribution in [2.24, 2.45) is 0 Å². The number of ether oxygens (including phenoxy) is 4. The Kier molecular flexibility index (Phi) is 6.32. The molecule has 0 aromatic heterocycles. The van der Waals surface area contributed by atoms with E-state index in [4.69, 9.17) is 14.2 Å². The fourth-order valence-electron chi connectivity index (χ4n) is 2.36. The van der Waals surface area contributed by atoms with E-state index in [9.17, 15) is 19.7 Å². The van der Waals surface area contributed by atoms with Crippen LogP contribution in [0.1, 0.15) is 26.3 Å². The van der Waals surface area contributed by atoms with Gasteiger partial charge in [0.15, 0.2) is 11.5 Å². The van der Waals surface area contributed by atoms with Crippen LogP contribution in [0.2, 0.25) is 0 Å².